The van der Waals surface area contributed by atoms with Gasteiger partial charge in [0.2, 0.25) is 0 Å². The van der Waals surface area contributed by atoms with Crippen molar-refractivity contribution in [3.8, 4) is 23.0 Å². The van der Waals surface area contributed by atoms with Crippen molar-refractivity contribution >= 4 is 11.8 Å². The number of benzene rings is 3. The molecule has 0 saturated heterocycles. The lowest BCUT2D eigenvalue weighted by Gasteiger charge is -2.27. The Balaban J connectivity index is 1.55. The molecule has 32 heavy (non-hydrogen) atoms. The summed E-state index contributed by atoms with van der Waals surface area (Å²) in [7, 11) is 0. The smallest absolute Gasteiger partial charge is 0.268 e. The lowest BCUT2D eigenvalue weighted by atomic mass is 9.99. The number of hydrogen-bond acceptors (Lipinski definition) is 4. The van der Waals surface area contributed by atoms with Crippen LogP contribution in [0.5, 0.6) is 0 Å². The van der Waals surface area contributed by atoms with Gasteiger partial charge in [-0.05, 0) is 60.0 Å². The van der Waals surface area contributed by atoms with Crippen molar-refractivity contribution in [2.45, 2.75) is 25.6 Å². The summed E-state index contributed by atoms with van der Waals surface area (Å²) in [6.45, 7) is 1.58. The van der Waals surface area contributed by atoms with E-state index in [2.05, 4.69) is 11.8 Å². The van der Waals surface area contributed by atoms with Gasteiger partial charge in [-0.2, -0.15) is 0 Å². The molecule has 1 aliphatic heterocycles. The fraction of sp³-hybridized carbons (Fsp3) is 0.154. The monoisotopic (exact) mass is 426 g/mol. The molecule has 0 bridgehead atoms. The van der Waals surface area contributed by atoms with Crippen LogP contribution in [0.25, 0.3) is 11.1 Å². The molecule has 6 nitrogen and oxygen atoms in total. The summed E-state index contributed by atoms with van der Waals surface area (Å²) >= 11 is 0. The molecule has 0 aromatic heterocycles. The molecule has 0 unspecified atom stereocenters. The molecule has 3 aromatic carbocycles. The third-order valence-corrected chi connectivity index (χ3v) is 5.45. The van der Waals surface area contributed by atoms with Gasteiger partial charge in [-0.25, -0.2) is 5.48 Å². The highest BCUT2D eigenvalue weighted by atomic mass is 16.5. The van der Waals surface area contributed by atoms with Crippen LogP contribution in [-0.4, -0.2) is 39.2 Å². The van der Waals surface area contributed by atoms with Gasteiger partial charge in [-0.3, -0.25) is 14.8 Å². The van der Waals surface area contributed by atoms with E-state index in [9.17, 15) is 14.7 Å². The van der Waals surface area contributed by atoms with Gasteiger partial charge in [0.25, 0.3) is 11.8 Å². The molecule has 1 aliphatic rings. The molecule has 0 radical (unpaired) electrons. The highest BCUT2D eigenvalue weighted by Crippen LogP contribution is 2.30. The van der Waals surface area contributed by atoms with Gasteiger partial charge in [-0.15, -0.1) is 0 Å². The lowest BCUT2D eigenvalue weighted by Crippen LogP contribution is -2.52. The highest BCUT2D eigenvalue weighted by Gasteiger charge is 2.39. The summed E-state index contributed by atoms with van der Waals surface area (Å²) < 4.78 is 0. The molecule has 160 valence electrons. The van der Waals surface area contributed by atoms with Crippen molar-refractivity contribution < 1.29 is 19.9 Å². The van der Waals surface area contributed by atoms with E-state index in [1.54, 1.807) is 6.07 Å². The average Bonchev–Trinajstić information content (AvgIpc) is 3.13. The molecule has 3 aromatic rings. The van der Waals surface area contributed by atoms with Gasteiger partial charge in [-0.1, -0.05) is 48.2 Å². The third-order valence-electron chi connectivity index (χ3n) is 5.45. The van der Waals surface area contributed by atoms with Crippen molar-refractivity contribution in [2.75, 3.05) is 0 Å². The maximum Gasteiger partial charge on any atom is 0.268 e. The van der Waals surface area contributed by atoms with Gasteiger partial charge in [0.05, 0.1) is 6.10 Å². The van der Waals surface area contributed by atoms with Gasteiger partial charge in [0, 0.05) is 23.2 Å². The molecule has 6 heteroatoms. The predicted octanol–water partition coefficient (Wildman–Crippen LogP) is 2.96. The summed E-state index contributed by atoms with van der Waals surface area (Å²) in [5.74, 6) is 5.10. The van der Waals surface area contributed by atoms with Crippen molar-refractivity contribution in [3.63, 3.8) is 0 Å². The quantitative estimate of drug-likeness (QED) is 0.340. The summed E-state index contributed by atoms with van der Waals surface area (Å²) in [4.78, 5) is 26.0. The topological polar surface area (TPSA) is 89.9 Å². The number of amides is 2. The second-order valence-electron chi connectivity index (χ2n) is 7.66. The van der Waals surface area contributed by atoms with E-state index < -0.39 is 18.1 Å². The second kappa shape index (κ2) is 9.06. The van der Waals surface area contributed by atoms with Crippen LogP contribution >= 0.6 is 0 Å². The van der Waals surface area contributed by atoms with Crippen LogP contribution < -0.4 is 5.48 Å². The van der Waals surface area contributed by atoms with Crippen molar-refractivity contribution in [1.82, 2.24) is 10.4 Å². The predicted molar refractivity (Wildman–Crippen MR) is 120 cm³/mol. The number of nitrogens with zero attached hydrogens (tertiary/aromatic N) is 1. The molecule has 4 rings (SSSR count). The number of nitrogens with one attached hydrogen (secondary N) is 1. The molecule has 1 heterocycles. The number of hydroxylamine groups is 1. The highest BCUT2D eigenvalue weighted by molar-refractivity contribution is 6.01. The van der Waals surface area contributed by atoms with Crippen LogP contribution in [0.3, 0.4) is 0 Å². The minimum atomic E-state index is -1.18. The minimum absolute atomic E-state index is 0.172. The molecule has 2 amide bonds. The van der Waals surface area contributed by atoms with Crippen LogP contribution in [0, 0.1) is 11.8 Å². The first-order valence-electron chi connectivity index (χ1n) is 10.2. The van der Waals surface area contributed by atoms with E-state index in [0.29, 0.717) is 5.56 Å². The van der Waals surface area contributed by atoms with Crippen LogP contribution in [0.1, 0.15) is 34.0 Å². The summed E-state index contributed by atoms with van der Waals surface area (Å²) in [6.07, 6.45) is -1.13. The largest absolute Gasteiger partial charge is 0.391 e. The average molecular weight is 426 g/mol. The summed E-state index contributed by atoms with van der Waals surface area (Å²) in [6, 6.07) is 21.9. The Bertz CT molecular complexity index is 1210. The standard InChI is InChI=1S/C26H22N2O4/c1-17(29)24(25(30)27-32)28-16-22-15-21(13-14-23(22)26(28)31)20-11-9-19(10-12-20)8-7-18-5-3-2-4-6-18/h2-6,9-15,17,24,29,32H,16H2,1H3,(H,27,30)/t17-,24+/m1/s1. The Hall–Kier alpha value is -3.92. The number of fused-ring (bicyclic) bond motifs is 1. The summed E-state index contributed by atoms with van der Waals surface area (Å²) in [5.41, 5.74) is 6.53. The minimum Gasteiger partial charge on any atom is -0.391 e. The van der Waals surface area contributed by atoms with E-state index in [-0.39, 0.29) is 12.5 Å². The maximum atomic E-state index is 12.8. The normalized spacial score (nSPS) is 14.2. The number of hydrogen-bond donors (Lipinski definition) is 3. The number of aliphatic hydroxyl groups excluding tert-OH is 1. The summed E-state index contributed by atoms with van der Waals surface area (Å²) in [5, 5.41) is 18.9. The van der Waals surface area contributed by atoms with Crippen molar-refractivity contribution in [3.05, 3.63) is 95.1 Å². The molecule has 3 N–H and O–H groups in total. The molecule has 0 spiro atoms. The molecule has 2 atom stereocenters. The van der Waals surface area contributed by atoms with Crippen LogP contribution in [0.15, 0.2) is 72.8 Å². The zero-order chi connectivity index (χ0) is 22.7. The Morgan fingerprint density at radius 3 is 2.22 bits per heavy atom. The molecule has 0 aliphatic carbocycles. The maximum absolute atomic E-state index is 12.8. The van der Waals surface area contributed by atoms with Crippen LogP contribution in [0.4, 0.5) is 0 Å². The van der Waals surface area contributed by atoms with Gasteiger partial charge < -0.3 is 10.0 Å². The van der Waals surface area contributed by atoms with Crippen molar-refractivity contribution in [2.24, 2.45) is 0 Å². The first-order valence-corrected chi connectivity index (χ1v) is 10.2. The van der Waals surface area contributed by atoms with Crippen molar-refractivity contribution in [1.29, 1.82) is 0 Å². The Labute approximate surface area is 186 Å². The number of aliphatic hydroxyl groups is 1. The van der Waals surface area contributed by atoms with E-state index in [1.165, 1.54) is 17.3 Å². The first-order chi connectivity index (χ1) is 15.5. The van der Waals surface area contributed by atoms with E-state index >= 15 is 0 Å². The zero-order valence-corrected chi connectivity index (χ0v) is 17.4. The molecule has 0 fully saturated rings. The number of carbonyl (C=O) groups is 2. The fourth-order valence-corrected chi connectivity index (χ4v) is 3.85. The van der Waals surface area contributed by atoms with Gasteiger partial charge in [0.1, 0.15) is 6.04 Å². The number of rotatable bonds is 4. The lowest BCUT2D eigenvalue weighted by molar-refractivity contribution is -0.137. The molecular formula is C26H22N2O4. The van der Waals surface area contributed by atoms with Crippen LogP contribution in [0.2, 0.25) is 0 Å². The van der Waals surface area contributed by atoms with E-state index in [0.717, 1.165) is 27.8 Å². The van der Waals surface area contributed by atoms with Crippen LogP contribution in [-0.2, 0) is 11.3 Å². The Kier molecular flexibility index (Phi) is 6.04. The zero-order valence-electron chi connectivity index (χ0n) is 17.4. The Morgan fingerprint density at radius 2 is 1.59 bits per heavy atom. The van der Waals surface area contributed by atoms with E-state index in [1.807, 2.05) is 66.7 Å². The second-order valence-corrected chi connectivity index (χ2v) is 7.66. The fourth-order valence-electron chi connectivity index (χ4n) is 3.85. The molecular weight excluding hydrogens is 404 g/mol. The first kappa shape index (κ1) is 21.3. The Morgan fingerprint density at radius 1 is 0.969 bits per heavy atom. The van der Waals surface area contributed by atoms with E-state index in [4.69, 9.17) is 5.21 Å². The molecule has 0 saturated carbocycles. The SMILES string of the molecule is C[C@@H](O)[C@@H](C(=O)NO)N1Cc2cc(-c3ccc(C#Cc4ccccc4)cc3)ccc2C1=O. The van der Waals surface area contributed by atoms with Gasteiger partial charge in [0.15, 0.2) is 0 Å². The third kappa shape index (κ3) is 4.26. The van der Waals surface area contributed by atoms with Gasteiger partial charge >= 0.3 is 0 Å². The number of carbonyl (C=O) groups excluding carboxylic acids is 2.